The van der Waals surface area contributed by atoms with Crippen LogP contribution in [0.2, 0.25) is 0 Å². The van der Waals surface area contributed by atoms with Crippen molar-refractivity contribution in [3.05, 3.63) is 78.0 Å². The lowest BCUT2D eigenvalue weighted by molar-refractivity contribution is -0.665. The van der Waals surface area contributed by atoms with Gasteiger partial charge in [0.05, 0.1) is 0 Å². The van der Waals surface area contributed by atoms with Gasteiger partial charge in [-0.05, 0) is 12.1 Å². The van der Waals surface area contributed by atoms with Crippen LogP contribution in [0.4, 0.5) is 13.2 Å². The van der Waals surface area contributed by atoms with Crippen LogP contribution in [0.5, 0.6) is 0 Å². The number of aromatic nitrogens is 1. The molecule has 0 unspecified atom stereocenters. The highest BCUT2D eigenvalue weighted by molar-refractivity contribution is 5.88. The summed E-state index contributed by atoms with van der Waals surface area (Å²) in [6.07, 6.45) is -5.02. The van der Waals surface area contributed by atoms with Crippen LogP contribution in [-0.4, -0.2) is 12.3 Å². The Bertz CT molecular complexity index is 876. The van der Waals surface area contributed by atoms with E-state index in [1.807, 2.05) is 42.5 Å². The van der Waals surface area contributed by atoms with Gasteiger partial charge in [-0.25, -0.2) is 4.79 Å². The van der Waals surface area contributed by atoms with E-state index in [4.69, 9.17) is 0 Å². The molecule has 0 radical (unpaired) electrons. The van der Waals surface area contributed by atoms with Crippen molar-refractivity contribution < 1.29 is 27.3 Å². The zero-order chi connectivity index (χ0) is 17.2. The second kappa shape index (κ2) is 6.31. The van der Waals surface area contributed by atoms with Crippen molar-refractivity contribution in [1.82, 2.24) is 0 Å². The third kappa shape index (κ3) is 3.53. The number of carbonyl (C=O) groups excluding carboxylic acids is 1. The molecule has 2 aromatic carbocycles. The topological polar surface area (TPSA) is 30.2 Å². The van der Waals surface area contributed by atoms with E-state index < -0.39 is 12.3 Å². The van der Waals surface area contributed by atoms with Gasteiger partial charge in [0, 0.05) is 23.1 Å². The molecule has 0 spiro atoms. The number of alkyl halides is 3. The second-order valence-corrected chi connectivity index (χ2v) is 5.18. The van der Waals surface area contributed by atoms with Crippen LogP contribution in [0.15, 0.2) is 66.7 Å². The fraction of sp³-hybridized carbons (Fsp3) is 0.111. The number of pyridine rings is 1. The number of hydrogen-bond acceptors (Lipinski definition) is 2. The minimum Gasteiger partial charge on any atom is -0.365 e. The number of fused-ring (bicyclic) bond motifs is 1. The number of nitrogens with zero attached hydrogens (tertiary/aromatic N) is 1. The van der Waals surface area contributed by atoms with E-state index in [1.165, 1.54) is 10.6 Å². The van der Waals surface area contributed by atoms with Gasteiger partial charge < -0.3 is 4.74 Å². The van der Waals surface area contributed by atoms with Gasteiger partial charge in [0.1, 0.15) is 0 Å². The van der Waals surface area contributed by atoms with Crippen LogP contribution in [0.25, 0.3) is 10.9 Å². The minimum absolute atomic E-state index is 0.158. The third-order valence-corrected chi connectivity index (χ3v) is 3.54. The first kappa shape index (κ1) is 16.0. The number of benzene rings is 2. The summed E-state index contributed by atoms with van der Waals surface area (Å²) >= 11 is 0. The van der Waals surface area contributed by atoms with Crippen LogP contribution in [-0.2, 0) is 11.3 Å². The molecule has 0 saturated carbocycles. The summed E-state index contributed by atoms with van der Waals surface area (Å²) in [5, 5.41) is 0.817. The maximum atomic E-state index is 12.4. The molecular weight excluding hydrogens is 319 g/mol. The number of hydrogen-bond donors (Lipinski definition) is 0. The molecule has 0 bridgehead atoms. The Morgan fingerprint density at radius 1 is 0.917 bits per heavy atom. The van der Waals surface area contributed by atoms with Crippen LogP contribution in [0, 0.1) is 0 Å². The number of halogens is 3. The molecule has 0 aliphatic carbocycles. The van der Waals surface area contributed by atoms with E-state index in [-0.39, 0.29) is 12.2 Å². The Balaban J connectivity index is 2.11. The molecule has 0 atom stereocenters. The van der Waals surface area contributed by atoms with Crippen LogP contribution in [0.1, 0.15) is 16.1 Å². The Morgan fingerprint density at radius 3 is 2.29 bits per heavy atom. The number of esters is 1. The van der Waals surface area contributed by atoms with Gasteiger partial charge in [-0.3, -0.25) is 0 Å². The Hall–Kier alpha value is -2.89. The number of ether oxygens (including phenoxy) is 1. The molecule has 1 heterocycles. The summed E-state index contributed by atoms with van der Waals surface area (Å²) in [6, 6.07) is 19.3. The fourth-order valence-corrected chi connectivity index (χ4v) is 2.53. The number of rotatable bonds is 3. The van der Waals surface area contributed by atoms with E-state index in [0.29, 0.717) is 5.52 Å². The molecule has 24 heavy (non-hydrogen) atoms. The molecule has 0 N–H and O–H groups in total. The summed E-state index contributed by atoms with van der Waals surface area (Å²) in [5.41, 5.74) is 1.35. The smallest absolute Gasteiger partial charge is 0.365 e. The van der Waals surface area contributed by atoms with Gasteiger partial charge >= 0.3 is 12.3 Å². The standard InChI is InChI=1S/C18H13F3NO2/c19-18(20,21)24-17(23)16-11-10-14-8-4-5-9-15(14)22(16)12-13-6-2-1-3-7-13/h1-11H,12H2/q+1. The highest BCUT2D eigenvalue weighted by Crippen LogP contribution is 2.19. The Kier molecular flexibility index (Phi) is 4.20. The Morgan fingerprint density at radius 2 is 1.58 bits per heavy atom. The van der Waals surface area contributed by atoms with E-state index in [0.717, 1.165) is 10.9 Å². The van der Waals surface area contributed by atoms with Crippen LogP contribution < -0.4 is 4.57 Å². The van der Waals surface area contributed by atoms with Crippen molar-refractivity contribution in [1.29, 1.82) is 0 Å². The van der Waals surface area contributed by atoms with E-state index in [9.17, 15) is 18.0 Å². The first-order valence-corrected chi connectivity index (χ1v) is 7.20. The van der Waals surface area contributed by atoms with Gasteiger partial charge in [0.25, 0.3) is 5.69 Å². The van der Waals surface area contributed by atoms with Gasteiger partial charge in [0.15, 0.2) is 6.54 Å². The normalized spacial score (nSPS) is 11.5. The minimum atomic E-state index is -5.02. The maximum Gasteiger partial charge on any atom is 0.575 e. The zero-order valence-electron chi connectivity index (χ0n) is 12.5. The van der Waals surface area contributed by atoms with Crippen molar-refractivity contribution in [2.45, 2.75) is 12.9 Å². The van der Waals surface area contributed by atoms with Crippen molar-refractivity contribution >= 4 is 16.9 Å². The quantitative estimate of drug-likeness (QED) is 0.539. The van der Waals surface area contributed by atoms with Crippen molar-refractivity contribution in [2.24, 2.45) is 0 Å². The van der Waals surface area contributed by atoms with Gasteiger partial charge in [-0.15, -0.1) is 13.2 Å². The van der Waals surface area contributed by atoms with E-state index in [2.05, 4.69) is 4.74 Å². The summed E-state index contributed by atoms with van der Waals surface area (Å²) in [4.78, 5) is 12.0. The molecule has 3 nitrogen and oxygen atoms in total. The largest absolute Gasteiger partial charge is 0.575 e. The molecular formula is C18H13F3NO2+. The first-order valence-electron chi connectivity index (χ1n) is 7.20. The molecule has 0 amide bonds. The van der Waals surface area contributed by atoms with Gasteiger partial charge in [0.2, 0.25) is 5.52 Å². The highest BCUT2D eigenvalue weighted by Gasteiger charge is 2.37. The number of carbonyl (C=O) groups is 1. The van der Waals surface area contributed by atoms with E-state index in [1.54, 1.807) is 18.2 Å². The first-order chi connectivity index (χ1) is 11.4. The van der Waals surface area contributed by atoms with Crippen LogP contribution in [0.3, 0.4) is 0 Å². The Labute approximate surface area is 135 Å². The third-order valence-electron chi connectivity index (χ3n) is 3.54. The van der Waals surface area contributed by atoms with Crippen molar-refractivity contribution in [3.63, 3.8) is 0 Å². The van der Waals surface area contributed by atoms with E-state index >= 15 is 0 Å². The lowest BCUT2D eigenvalue weighted by Gasteiger charge is -2.09. The summed E-state index contributed by atoms with van der Waals surface area (Å²) in [7, 11) is 0. The summed E-state index contributed by atoms with van der Waals surface area (Å²) in [6.45, 7) is 0.254. The maximum absolute atomic E-state index is 12.4. The SMILES string of the molecule is O=C(OC(F)(F)F)c1ccc2ccccc2[n+]1Cc1ccccc1. The molecule has 6 heteroatoms. The van der Waals surface area contributed by atoms with Gasteiger partial charge in [-0.1, -0.05) is 42.5 Å². The molecule has 122 valence electrons. The second-order valence-electron chi connectivity index (χ2n) is 5.18. The summed E-state index contributed by atoms with van der Waals surface area (Å²) < 4.78 is 42.4. The molecule has 3 aromatic rings. The van der Waals surface area contributed by atoms with Gasteiger partial charge in [-0.2, -0.15) is 4.57 Å². The molecule has 0 fully saturated rings. The van der Waals surface area contributed by atoms with Crippen molar-refractivity contribution in [2.75, 3.05) is 0 Å². The molecule has 0 aliphatic heterocycles. The monoisotopic (exact) mass is 332 g/mol. The highest BCUT2D eigenvalue weighted by atomic mass is 19.4. The molecule has 0 aliphatic rings. The number of para-hydroxylation sites is 1. The predicted molar refractivity (Wildman–Crippen MR) is 81.2 cm³/mol. The fourth-order valence-electron chi connectivity index (χ4n) is 2.53. The average molecular weight is 332 g/mol. The summed E-state index contributed by atoms with van der Waals surface area (Å²) in [5.74, 6) is -1.43. The van der Waals surface area contributed by atoms with Crippen molar-refractivity contribution in [3.8, 4) is 0 Å². The predicted octanol–water partition coefficient (Wildman–Crippen LogP) is 3.85. The average Bonchev–Trinajstić information content (AvgIpc) is 2.54. The lowest BCUT2D eigenvalue weighted by atomic mass is 10.1. The molecule has 3 rings (SSSR count). The lowest BCUT2D eigenvalue weighted by Crippen LogP contribution is -2.43. The molecule has 1 aromatic heterocycles. The zero-order valence-corrected chi connectivity index (χ0v) is 12.5. The van der Waals surface area contributed by atoms with Crippen LogP contribution >= 0.6 is 0 Å². The molecule has 0 saturated heterocycles.